The number of hydrogen-bond acceptors (Lipinski definition) is 3. The van der Waals surface area contributed by atoms with Gasteiger partial charge in [-0.2, -0.15) is 0 Å². The van der Waals surface area contributed by atoms with Gasteiger partial charge in [-0.15, -0.1) is 0 Å². The van der Waals surface area contributed by atoms with E-state index < -0.39 is 0 Å². The molecule has 1 saturated heterocycles. The zero-order valence-corrected chi connectivity index (χ0v) is 10.9. The highest BCUT2D eigenvalue weighted by Gasteiger charge is 2.22. The second kappa shape index (κ2) is 6.16. The van der Waals surface area contributed by atoms with E-state index >= 15 is 0 Å². The van der Waals surface area contributed by atoms with Gasteiger partial charge in [0.1, 0.15) is 5.82 Å². The van der Waals surface area contributed by atoms with Gasteiger partial charge < -0.3 is 15.4 Å². The van der Waals surface area contributed by atoms with Crippen LogP contribution in [0.1, 0.15) is 25.3 Å². The van der Waals surface area contributed by atoms with Gasteiger partial charge >= 0.3 is 0 Å². The van der Waals surface area contributed by atoms with Crippen LogP contribution in [0.25, 0.3) is 0 Å². The number of nitrogens with zero attached hydrogens (tertiary/aromatic N) is 1. The Morgan fingerprint density at radius 1 is 1.39 bits per heavy atom. The fourth-order valence-corrected chi connectivity index (χ4v) is 2.56. The third kappa shape index (κ3) is 2.82. The molecule has 0 unspecified atom stereocenters. The summed E-state index contributed by atoms with van der Waals surface area (Å²) in [4.78, 5) is 2.09. The van der Waals surface area contributed by atoms with Gasteiger partial charge in [0, 0.05) is 26.2 Å². The zero-order chi connectivity index (χ0) is 13.0. The predicted octanol–water partition coefficient (Wildman–Crippen LogP) is 2.29. The van der Waals surface area contributed by atoms with Gasteiger partial charge in [0.2, 0.25) is 0 Å². The molecule has 0 saturated carbocycles. The van der Waals surface area contributed by atoms with E-state index in [-0.39, 0.29) is 5.82 Å². The Morgan fingerprint density at radius 2 is 2.11 bits per heavy atom. The van der Waals surface area contributed by atoms with Crippen molar-refractivity contribution in [3.05, 3.63) is 29.6 Å². The summed E-state index contributed by atoms with van der Waals surface area (Å²) < 4.78 is 19.5. The summed E-state index contributed by atoms with van der Waals surface area (Å²) in [5.41, 5.74) is 7.24. The summed E-state index contributed by atoms with van der Waals surface area (Å²) in [6, 6.07) is 5.12. The normalized spacial score (nSPS) is 17.2. The summed E-state index contributed by atoms with van der Waals surface area (Å²) in [7, 11) is 0. The lowest BCUT2D eigenvalue weighted by molar-refractivity contribution is 0.0458. The lowest BCUT2D eigenvalue weighted by atomic mass is 10.0. The molecule has 0 aliphatic carbocycles. The zero-order valence-electron chi connectivity index (χ0n) is 10.9. The van der Waals surface area contributed by atoms with Crippen LogP contribution in [-0.2, 0) is 11.3 Å². The second-order valence-electron chi connectivity index (χ2n) is 4.59. The van der Waals surface area contributed by atoms with Crippen LogP contribution in [0, 0.1) is 5.82 Å². The molecule has 1 aliphatic heterocycles. The molecule has 3 nitrogen and oxygen atoms in total. The Balaban J connectivity index is 2.09. The minimum atomic E-state index is -0.173. The van der Waals surface area contributed by atoms with Crippen molar-refractivity contribution < 1.29 is 9.13 Å². The average molecular weight is 252 g/mol. The lowest BCUT2D eigenvalue weighted by Crippen LogP contribution is -2.38. The fourth-order valence-electron chi connectivity index (χ4n) is 2.56. The molecule has 0 atom stereocenters. The van der Waals surface area contributed by atoms with Gasteiger partial charge in [-0.05, 0) is 31.4 Å². The first-order valence-corrected chi connectivity index (χ1v) is 6.60. The first-order chi connectivity index (χ1) is 8.76. The van der Waals surface area contributed by atoms with E-state index in [4.69, 9.17) is 10.5 Å². The Hall–Kier alpha value is -1.13. The predicted molar refractivity (Wildman–Crippen MR) is 71.2 cm³/mol. The van der Waals surface area contributed by atoms with E-state index in [2.05, 4.69) is 4.90 Å². The molecular weight excluding hydrogens is 231 g/mol. The molecule has 0 aromatic heterocycles. The van der Waals surface area contributed by atoms with E-state index in [9.17, 15) is 4.39 Å². The number of rotatable bonds is 4. The highest BCUT2D eigenvalue weighted by Crippen LogP contribution is 2.27. The van der Waals surface area contributed by atoms with Crippen LogP contribution >= 0.6 is 0 Å². The maximum atomic E-state index is 13.9. The van der Waals surface area contributed by atoms with Crippen molar-refractivity contribution in [1.82, 2.24) is 0 Å². The molecule has 4 heteroatoms. The summed E-state index contributed by atoms with van der Waals surface area (Å²) >= 11 is 0. The Kier molecular flexibility index (Phi) is 4.55. The summed E-state index contributed by atoms with van der Waals surface area (Å²) in [5, 5.41) is 0. The first kappa shape index (κ1) is 13.3. The van der Waals surface area contributed by atoms with Crippen molar-refractivity contribution in [1.29, 1.82) is 0 Å². The molecule has 0 spiro atoms. The van der Waals surface area contributed by atoms with Crippen LogP contribution in [0.2, 0.25) is 0 Å². The topological polar surface area (TPSA) is 38.5 Å². The van der Waals surface area contributed by atoms with E-state index in [1.54, 1.807) is 6.07 Å². The van der Waals surface area contributed by atoms with Crippen molar-refractivity contribution in [2.24, 2.45) is 5.73 Å². The molecule has 2 rings (SSSR count). The maximum absolute atomic E-state index is 13.9. The molecule has 1 aromatic carbocycles. The first-order valence-electron chi connectivity index (χ1n) is 6.60. The average Bonchev–Trinajstić information content (AvgIpc) is 2.40. The molecule has 0 bridgehead atoms. The summed E-state index contributed by atoms with van der Waals surface area (Å²) in [6.07, 6.45) is 2.22. The maximum Gasteiger partial charge on any atom is 0.146 e. The van der Waals surface area contributed by atoms with Crippen LogP contribution in [0.15, 0.2) is 18.2 Å². The van der Waals surface area contributed by atoms with Crippen molar-refractivity contribution in [2.45, 2.75) is 32.4 Å². The fraction of sp³-hybridized carbons (Fsp3) is 0.571. The number of hydrogen-bond donors (Lipinski definition) is 1. The second-order valence-corrected chi connectivity index (χ2v) is 4.59. The molecule has 1 aromatic rings. The molecule has 1 fully saturated rings. The standard InChI is InChI=1S/C14H21FN2O/c1-2-18-12-6-8-17(9-7-12)14-11(10-16)4-3-5-13(14)15/h3-5,12H,2,6-10,16H2,1H3. The van der Waals surface area contributed by atoms with Crippen LogP contribution in [0.3, 0.4) is 0 Å². The van der Waals surface area contributed by atoms with Gasteiger partial charge in [0.25, 0.3) is 0 Å². The molecule has 0 amide bonds. The lowest BCUT2D eigenvalue weighted by Gasteiger charge is -2.34. The highest BCUT2D eigenvalue weighted by molar-refractivity contribution is 5.55. The third-order valence-electron chi connectivity index (χ3n) is 3.45. The SMILES string of the molecule is CCOC1CCN(c2c(F)cccc2CN)CC1. The number of halogens is 1. The van der Waals surface area contributed by atoms with E-state index in [0.29, 0.717) is 18.3 Å². The molecule has 1 aliphatic rings. The van der Waals surface area contributed by atoms with Gasteiger partial charge in [0.05, 0.1) is 11.8 Å². The van der Waals surface area contributed by atoms with Crippen molar-refractivity contribution in [2.75, 3.05) is 24.6 Å². The van der Waals surface area contributed by atoms with Crippen LogP contribution in [-0.4, -0.2) is 25.8 Å². The van der Waals surface area contributed by atoms with Crippen molar-refractivity contribution in [3.8, 4) is 0 Å². The quantitative estimate of drug-likeness (QED) is 0.893. The molecular formula is C14H21FN2O. The van der Waals surface area contributed by atoms with Crippen molar-refractivity contribution >= 4 is 5.69 Å². The Bertz CT molecular complexity index is 389. The van der Waals surface area contributed by atoms with Crippen LogP contribution < -0.4 is 10.6 Å². The summed E-state index contributed by atoms with van der Waals surface area (Å²) in [5.74, 6) is -0.173. The Morgan fingerprint density at radius 3 is 2.72 bits per heavy atom. The molecule has 18 heavy (non-hydrogen) atoms. The number of nitrogens with two attached hydrogens (primary N) is 1. The smallest absolute Gasteiger partial charge is 0.146 e. The highest BCUT2D eigenvalue weighted by atomic mass is 19.1. The van der Waals surface area contributed by atoms with Gasteiger partial charge in [-0.3, -0.25) is 0 Å². The van der Waals surface area contributed by atoms with Crippen LogP contribution in [0.5, 0.6) is 0 Å². The Labute approximate surface area is 108 Å². The van der Waals surface area contributed by atoms with Crippen molar-refractivity contribution in [3.63, 3.8) is 0 Å². The van der Waals surface area contributed by atoms with Crippen LogP contribution in [0.4, 0.5) is 10.1 Å². The molecule has 100 valence electrons. The number of para-hydroxylation sites is 1. The molecule has 1 heterocycles. The monoisotopic (exact) mass is 252 g/mol. The van der Waals surface area contributed by atoms with E-state index in [1.807, 2.05) is 13.0 Å². The number of benzene rings is 1. The number of ether oxygens (including phenoxy) is 1. The summed E-state index contributed by atoms with van der Waals surface area (Å²) in [6.45, 7) is 4.80. The number of anilines is 1. The van der Waals surface area contributed by atoms with E-state index in [0.717, 1.165) is 38.1 Å². The van der Waals surface area contributed by atoms with Gasteiger partial charge in [-0.25, -0.2) is 4.39 Å². The largest absolute Gasteiger partial charge is 0.378 e. The molecule has 0 radical (unpaired) electrons. The molecule has 2 N–H and O–H groups in total. The minimum Gasteiger partial charge on any atom is -0.378 e. The van der Waals surface area contributed by atoms with Gasteiger partial charge in [0.15, 0.2) is 0 Å². The third-order valence-corrected chi connectivity index (χ3v) is 3.45. The van der Waals surface area contributed by atoms with Gasteiger partial charge in [-0.1, -0.05) is 12.1 Å². The minimum absolute atomic E-state index is 0.173. The van der Waals surface area contributed by atoms with E-state index in [1.165, 1.54) is 6.07 Å². The number of piperidine rings is 1.